The third-order valence-corrected chi connectivity index (χ3v) is 5.16. The topological polar surface area (TPSA) is 41.6 Å². The highest BCUT2D eigenvalue weighted by atomic mass is 35.5. The monoisotopic (exact) mass is 340 g/mol. The lowest BCUT2D eigenvalue weighted by Crippen LogP contribution is -2.49. The largest absolute Gasteiger partial charge is 0.377 e. The average Bonchev–Trinajstić information content (AvgIpc) is 2.57. The molecule has 2 saturated heterocycles. The second-order valence-corrected chi connectivity index (χ2v) is 6.86. The number of ether oxygens (including phenoxy) is 1. The molecule has 0 saturated carbocycles. The number of nitrogens with zero attached hydrogens (tertiary/aromatic N) is 1. The van der Waals surface area contributed by atoms with Crippen LogP contribution in [0.3, 0.4) is 0 Å². The van der Waals surface area contributed by atoms with Gasteiger partial charge in [-0.05, 0) is 36.5 Å². The highest BCUT2D eigenvalue weighted by Gasteiger charge is 2.37. The molecule has 0 bridgehead atoms. The summed E-state index contributed by atoms with van der Waals surface area (Å²) in [6.07, 6.45) is 2.06. The van der Waals surface area contributed by atoms with Crippen molar-refractivity contribution < 1.29 is 13.9 Å². The molecule has 0 aromatic heterocycles. The Kier molecular flexibility index (Phi) is 5.19. The average molecular weight is 341 g/mol. The fourth-order valence-corrected chi connectivity index (χ4v) is 3.75. The number of amides is 1. The Morgan fingerprint density at radius 1 is 1.52 bits per heavy atom. The second kappa shape index (κ2) is 7.16. The molecule has 1 amide bonds. The molecule has 2 aliphatic heterocycles. The third-order valence-electron chi connectivity index (χ3n) is 4.85. The number of nitrogens with one attached hydrogen (secondary N) is 1. The van der Waals surface area contributed by atoms with Crippen molar-refractivity contribution in [2.75, 3.05) is 26.7 Å². The van der Waals surface area contributed by atoms with Gasteiger partial charge in [0.25, 0.3) is 0 Å². The lowest BCUT2D eigenvalue weighted by Gasteiger charge is -2.43. The number of halogens is 2. The summed E-state index contributed by atoms with van der Waals surface area (Å²) in [5, 5.41) is 2.86. The molecule has 2 heterocycles. The SMILES string of the molecule is CNC(=O)[C@H]1CO[C@H]2CCN(Cc3ccc(Cl)c(F)c3)C[C@H]2C1. The number of hydrogen-bond donors (Lipinski definition) is 1. The van der Waals surface area contributed by atoms with E-state index in [9.17, 15) is 9.18 Å². The zero-order valence-corrected chi connectivity index (χ0v) is 14.0. The number of rotatable bonds is 3. The summed E-state index contributed by atoms with van der Waals surface area (Å²) in [6.45, 7) is 3.02. The van der Waals surface area contributed by atoms with Crippen LogP contribution in [0.2, 0.25) is 5.02 Å². The van der Waals surface area contributed by atoms with Gasteiger partial charge in [0, 0.05) is 26.7 Å². The summed E-state index contributed by atoms with van der Waals surface area (Å²) < 4.78 is 19.5. The predicted octanol–water partition coefficient (Wildman–Crippen LogP) is 2.45. The van der Waals surface area contributed by atoms with Crippen LogP contribution < -0.4 is 5.32 Å². The normalized spacial score (nSPS) is 28.2. The smallest absolute Gasteiger partial charge is 0.225 e. The maximum Gasteiger partial charge on any atom is 0.225 e. The summed E-state index contributed by atoms with van der Waals surface area (Å²) in [5.41, 5.74) is 0.921. The molecule has 1 aromatic carbocycles. The molecule has 3 atom stereocenters. The number of carbonyl (C=O) groups is 1. The number of benzene rings is 1. The van der Waals surface area contributed by atoms with Gasteiger partial charge in [-0.2, -0.15) is 0 Å². The Morgan fingerprint density at radius 3 is 3.09 bits per heavy atom. The first kappa shape index (κ1) is 16.7. The molecular formula is C17H22ClFN2O2. The van der Waals surface area contributed by atoms with Crippen molar-refractivity contribution >= 4 is 17.5 Å². The van der Waals surface area contributed by atoms with Gasteiger partial charge in [-0.25, -0.2) is 4.39 Å². The molecule has 2 aliphatic rings. The Bertz CT molecular complexity index is 584. The first-order valence-corrected chi connectivity index (χ1v) is 8.44. The summed E-state index contributed by atoms with van der Waals surface area (Å²) in [7, 11) is 1.66. The maximum atomic E-state index is 13.6. The summed E-state index contributed by atoms with van der Waals surface area (Å²) in [4.78, 5) is 14.1. The van der Waals surface area contributed by atoms with E-state index in [2.05, 4.69) is 10.2 Å². The van der Waals surface area contributed by atoms with E-state index in [0.717, 1.165) is 31.5 Å². The van der Waals surface area contributed by atoms with Crippen LogP contribution in [0.25, 0.3) is 0 Å². The van der Waals surface area contributed by atoms with Gasteiger partial charge in [-0.15, -0.1) is 0 Å². The third kappa shape index (κ3) is 3.84. The van der Waals surface area contributed by atoms with E-state index in [4.69, 9.17) is 16.3 Å². The zero-order chi connectivity index (χ0) is 16.4. The van der Waals surface area contributed by atoms with Gasteiger partial charge in [0.2, 0.25) is 5.91 Å². The predicted molar refractivity (Wildman–Crippen MR) is 86.7 cm³/mol. The fraction of sp³-hybridized carbons (Fsp3) is 0.588. The van der Waals surface area contributed by atoms with Gasteiger partial charge in [0.15, 0.2) is 0 Å². The number of piperidine rings is 1. The van der Waals surface area contributed by atoms with Crippen molar-refractivity contribution in [1.29, 1.82) is 0 Å². The maximum absolute atomic E-state index is 13.6. The van der Waals surface area contributed by atoms with Gasteiger partial charge in [-0.1, -0.05) is 17.7 Å². The van der Waals surface area contributed by atoms with E-state index >= 15 is 0 Å². The Morgan fingerprint density at radius 2 is 2.35 bits per heavy atom. The molecule has 4 nitrogen and oxygen atoms in total. The van der Waals surface area contributed by atoms with E-state index in [1.54, 1.807) is 13.1 Å². The van der Waals surface area contributed by atoms with Crippen molar-refractivity contribution in [2.24, 2.45) is 11.8 Å². The number of carbonyl (C=O) groups excluding carboxylic acids is 1. The number of likely N-dealkylation sites (tertiary alicyclic amines) is 1. The van der Waals surface area contributed by atoms with Gasteiger partial charge in [0.1, 0.15) is 5.82 Å². The van der Waals surface area contributed by atoms with Crippen LogP contribution >= 0.6 is 11.6 Å². The first-order chi connectivity index (χ1) is 11.1. The number of fused-ring (bicyclic) bond motifs is 1. The van der Waals surface area contributed by atoms with E-state index in [1.807, 2.05) is 6.07 Å². The number of hydrogen-bond acceptors (Lipinski definition) is 3. The van der Waals surface area contributed by atoms with Crippen molar-refractivity contribution in [2.45, 2.75) is 25.5 Å². The van der Waals surface area contributed by atoms with Gasteiger partial charge in [-0.3, -0.25) is 9.69 Å². The molecule has 23 heavy (non-hydrogen) atoms. The minimum Gasteiger partial charge on any atom is -0.377 e. The molecule has 0 radical (unpaired) electrons. The van der Waals surface area contributed by atoms with Crippen LogP contribution in [-0.2, 0) is 16.1 Å². The molecule has 6 heteroatoms. The highest BCUT2D eigenvalue weighted by Crippen LogP contribution is 2.32. The van der Waals surface area contributed by atoms with Crippen LogP contribution in [0.15, 0.2) is 18.2 Å². The molecule has 0 aliphatic carbocycles. The quantitative estimate of drug-likeness (QED) is 0.919. The Hall–Kier alpha value is -1.17. The zero-order valence-electron chi connectivity index (χ0n) is 13.2. The molecule has 126 valence electrons. The summed E-state index contributed by atoms with van der Waals surface area (Å²) in [6, 6.07) is 4.96. The lowest BCUT2D eigenvalue weighted by molar-refractivity contribution is -0.138. The minimum absolute atomic E-state index is 0.0559. The van der Waals surface area contributed by atoms with E-state index in [0.29, 0.717) is 19.1 Å². The molecule has 1 N–H and O–H groups in total. The Labute approximate surface area is 140 Å². The Balaban J connectivity index is 1.61. The van der Waals surface area contributed by atoms with Crippen LogP contribution in [0.5, 0.6) is 0 Å². The van der Waals surface area contributed by atoms with Crippen LogP contribution in [0.1, 0.15) is 18.4 Å². The molecule has 2 fully saturated rings. The summed E-state index contributed by atoms with van der Waals surface area (Å²) >= 11 is 5.73. The van der Waals surface area contributed by atoms with Crippen molar-refractivity contribution in [3.8, 4) is 0 Å². The van der Waals surface area contributed by atoms with Crippen molar-refractivity contribution in [3.05, 3.63) is 34.6 Å². The standard InChI is InChI=1S/C17H22ClFN2O2/c1-20-17(22)13-7-12-9-21(5-4-16(12)23-10-13)8-11-2-3-14(18)15(19)6-11/h2-3,6,12-13,16H,4-5,7-10H2,1H3,(H,20,22)/t12-,13-,16+/m1/s1. The fourth-order valence-electron chi connectivity index (χ4n) is 3.63. The molecule has 0 unspecified atom stereocenters. The molecule has 0 spiro atoms. The molecule has 3 rings (SSSR count). The van der Waals surface area contributed by atoms with E-state index in [-0.39, 0.29) is 28.8 Å². The van der Waals surface area contributed by atoms with Crippen molar-refractivity contribution in [1.82, 2.24) is 10.2 Å². The van der Waals surface area contributed by atoms with Gasteiger partial charge < -0.3 is 10.1 Å². The minimum atomic E-state index is -0.375. The van der Waals surface area contributed by atoms with Gasteiger partial charge in [0.05, 0.1) is 23.7 Å². The van der Waals surface area contributed by atoms with Gasteiger partial charge >= 0.3 is 0 Å². The van der Waals surface area contributed by atoms with Crippen LogP contribution in [0.4, 0.5) is 4.39 Å². The van der Waals surface area contributed by atoms with Crippen LogP contribution in [-0.4, -0.2) is 43.7 Å². The molecular weight excluding hydrogens is 319 g/mol. The van der Waals surface area contributed by atoms with Crippen molar-refractivity contribution in [3.63, 3.8) is 0 Å². The van der Waals surface area contributed by atoms with Crippen LogP contribution in [0, 0.1) is 17.7 Å². The second-order valence-electron chi connectivity index (χ2n) is 6.45. The summed E-state index contributed by atoms with van der Waals surface area (Å²) in [5.74, 6) is -0.0220. The molecule has 1 aromatic rings. The highest BCUT2D eigenvalue weighted by molar-refractivity contribution is 6.30. The first-order valence-electron chi connectivity index (χ1n) is 8.06. The van der Waals surface area contributed by atoms with E-state index in [1.165, 1.54) is 6.07 Å². The lowest BCUT2D eigenvalue weighted by atomic mass is 9.83. The van der Waals surface area contributed by atoms with E-state index < -0.39 is 0 Å².